The van der Waals surface area contributed by atoms with Crippen molar-refractivity contribution in [2.75, 3.05) is 0 Å². The standard InChI is InChI=1S/C18H15FN2O2/c1-11(12-5-3-2-4-6-12)21-18(23)17(22)15-10-20-16-9-13(19)7-8-14(15)16/h2-11,20H,1H3,(H,21,23). The summed E-state index contributed by atoms with van der Waals surface area (Å²) in [7, 11) is 0. The Bertz CT molecular complexity index is 871. The number of carbonyl (C=O) groups excluding carboxylic acids is 2. The van der Waals surface area contributed by atoms with E-state index in [1.807, 2.05) is 37.3 Å². The van der Waals surface area contributed by atoms with E-state index in [0.29, 0.717) is 10.9 Å². The van der Waals surface area contributed by atoms with Crippen LogP contribution in [0.3, 0.4) is 0 Å². The molecule has 1 aromatic heterocycles. The number of H-pyrrole nitrogens is 1. The number of halogens is 1. The summed E-state index contributed by atoms with van der Waals surface area (Å²) >= 11 is 0. The van der Waals surface area contributed by atoms with Crippen LogP contribution in [0.5, 0.6) is 0 Å². The number of fused-ring (bicyclic) bond motifs is 1. The van der Waals surface area contributed by atoms with Crippen molar-refractivity contribution in [2.45, 2.75) is 13.0 Å². The fourth-order valence-electron chi connectivity index (χ4n) is 2.50. The van der Waals surface area contributed by atoms with Crippen molar-refractivity contribution in [3.8, 4) is 0 Å². The van der Waals surface area contributed by atoms with Crippen molar-refractivity contribution in [3.05, 3.63) is 71.7 Å². The molecule has 1 atom stereocenters. The van der Waals surface area contributed by atoms with E-state index < -0.39 is 17.5 Å². The van der Waals surface area contributed by atoms with Crippen molar-refractivity contribution in [3.63, 3.8) is 0 Å². The highest BCUT2D eigenvalue weighted by Gasteiger charge is 2.21. The van der Waals surface area contributed by atoms with Crippen molar-refractivity contribution in [1.29, 1.82) is 0 Å². The van der Waals surface area contributed by atoms with Gasteiger partial charge in [0.25, 0.3) is 11.7 Å². The van der Waals surface area contributed by atoms with E-state index >= 15 is 0 Å². The van der Waals surface area contributed by atoms with E-state index in [4.69, 9.17) is 0 Å². The first-order valence-corrected chi connectivity index (χ1v) is 7.23. The third-order valence-corrected chi connectivity index (χ3v) is 3.74. The van der Waals surface area contributed by atoms with Crippen LogP contribution < -0.4 is 5.32 Å². The number of rotatable bonds is 4. The van der Waals surface area contributed by atoms with Gasteiger partial charge in [-0.05, 0) is 30.7 Å². The third-order valence-electron chi connectivity index (χ3n) is 3.74. The summed E-state index contributed by atoms with van der Waals surface area (Å²) in [6.45, 7) is 1.81. The number of benzene rings is 2. The zero-order chi connectivity index (χ0) is 16.4. The number of hydrogen-bond donors (Lipinski definition) is 2. The van der Waals surface area contributed by atoms with Gasteiger partial charge in [0.05, 0.1) is 11.6 Å². The normalized spacial score (nSPS) is 12.1. The molecule has 1 unspecified atom stereocenters. The second-order valence-corrected chi connectivity index (χ2v) is 5.33. The number of nitrogens with one attached hydrogen (secondary N) is 2. The molecular weight excluding hydrogens is 295 g/mol. The highest BCUT2D eigenvalue weighted by molar-refractivity contribution is 6.45. The highest BCUT2D eigenvalue weighted by atomic mass is 19.1. The Morgan fingerprint density at radius 2 is 1.87 bits per heavy atom. The van der Waals surface area contributed by atoms with Crippen molar-refractivity contribution >= 4 is 22.6 Å². The smallest absolute Gasteiger partial charge is 0.292 e. The summed E-state index contributed by atoms with van der Waals surface area (Å²) in [6.07, 6.45) is 1.43. The number of aromatic nitrogens is 1. The van der Waals surface area contributed by atoms with Gasteiger partial charge in [-0.1, -0.05) is 30.3 Å². The lowest BCUT2D eigenvalue weighted by Gasteiger charge is -2.13. The first-order valence-electron chi connectivity index (χ1n) is 7.23. The molecule has 5 heteroatoms. The summed E-state index contributed by atoms with van der Waals surface area (Å²) in [5.74, 6) is -1.74. The molecule has 1 amide bonds. The lowest BCUT2D eigenvalue weighted by molar-refractivity contribution is -0.117. The SMILES string of the molecule is CC(NC(=O)C(=O)c1c[nH]c2cc(F)ccc12)c1ccccc1. The van der Waals surface area contributed by atoms with Crippen LogP contribution in [-0.2, 0) is 4.79 Å². The number of carbonyl (C=O) groups is 2. The molecular formula is C18H15FN2O2. The summed E-state index contributed by atoms with van der Waals surface area (Å²) in [6, 6.07) is 13.1. The van der Waals surface area contributed by atoms with E-state index in [9.17, 15) is 14.0 Å². The van der Waals surface area contributed by atoms with Gasteiger partial charge in [0.15, 0.2) is 0 Å². The first kappa shape index (κ1) is 15.0. The van der Waals surface area contributed by atoms with Crippen LogP contribution >= 0.6 is 0 Å². The van der Waals surface area contributed by atoms with Crippen LogP contribution in [0.4, 0.5) is 4.39 Å². The predicted octanol–water partition coefficient (Wildman–Crippen LogP) is 3.37. The molecule has 2 aromatic carbocycles. The van der Waals surface area contributed by atoms with Gasteiger partial charge in [0, 0.05) is 17.1 Å². The second-order valence-electron chi connectivity index (χ2n) is 5.33. The van der Waals surface area contributed by atoms with Gasteiger partial charge in [-0.3, -0.25) is 9.59 Å². The topological polar surface area (TPSA) is 62.0 Å². The number of aromatic amines is 1. The molecule has 116 valence electrons. The lowest BCUT2D eigenvalue weighted by atomic mass is 10.1. The van der Waals surface area contributed by atoms with Crippen molar-refractivity contribution in [2.24, 2.45) is 0 Å². The van der Waals surface area contributed by atoms with Gasteiger partial charge in [-0.25, -0.2) is 4.39 Å². The quantitative estimate of drug-likeness (QED) is 0.573. The molecule has 0 fully saturated rings. The molecule has 0 bridgehead atoms. The summed E-state index contributed by atoms with van der Waals surface area (Å²) < 4.78 is 13.2. The van der Waals surface area contributed by atoms with Crippen LogP contribution in [0.15, 0.2) is 54.7 Å². The van der Waals surface area contributed by atoms with Crippen molar-refractivity contribution in [1.82, 2.24) is 10.3 Å². The fourth-order valence-corrected chi connectivity index (χ4v) is 2.50. The Kier molecular flexibility index (Phi) is 3.93. The summed E-state index contributed by atoms with van der Waals surface area (Å²) in [5.41, 5.74) is 1.63. The Morgan fingerprint density at radius 1 is 1.13 bits per heavy atom. The molecule has 1 heterocycles. The van der Waals surface area contributed by atoms with E-state index in [1.165, 1.54) is 24.4 Å². The lowest BCUT2D eigenvalue weighted by Crippen LogP contribution is -2.33. The van der Waals surface area contributed by atoms with Gasteiger partial charge in [-0.15, -0.1) is 0 Å². The fraction of sp³-hybridized carbons (Fsp3) is 0.111. The molecule has 0 saturated heterocycles. The Balaban J connectivity index is 1.80. The molecule has 4 nitrogen and oxygen atoms in total. The molecule has 0 aliphatic heterocycles. The van der Waals surface area contributed by atoms with Gasteiger partial charge in [-0.2, -0.15) is 0 Å². The van der Waals surface area contributed by atoms with Crippen molar-refractivity contribution < 1.29 is 14.0 Å². The number of Topliss-reactive ketones (excluding diaryl/α,β-unsaturated/α-hetero) is 1. The number of hydrogen-bond acceptors (Lipinski definition) is 2. The number of ketones is 1. The molecule has 3 rings (SSSR count). The molecule has 0 radical (unpaired) electrons. The van der Waals surface area contributed by atoms with Crippen LogP contribution in [-0.4, -0.2) is 16.7 Å². The maximum atomic E-state index is 13.2. The predicted molar refractivity (Wildman–Crippen MR) is 85.6 cm³/mol. The van der Waals surface area contributed by atoms with E-state index in [1.54, 1.807) is 0 Å². The first-order chi connectivity index (χ1) is 11.1. The Labute approximate surface area is 132 Å². The van der Waals surface area contributed by atoms with Crippen LogP contribution in [0, 0.1) is 5.82 Å². The van der Waals surface area contributed by atoms with Gasteiger partial charge >= 0.3 is 0 Å². The number of amides is 1. The van der Waals surface area contributed by atoms with Crippen LogP contribution in [0.1, 0.15) is 28.9 Å². The molecule has 23 heavy (non-hydrogen) atoms. The average Bonchev–Trinajstić information content (AvgIpc) is 2.97. The van der Waals surface area contributed by atoms with Crippen LogP contribution in [0.25, 0.3) is 10.9 Å². The van der Waals surface area contributed by atoms with E-state index in [0.717, 1.165) is 5.56 Å². The summed E-state index contributed by atoms with van der Waals surface area (Å²) in [5, 5.41) is 3.21. The summed E-state index contributed by atoms with van der Waals surface area (Å²) in [4.78, 5) is 27.3. The van der Waals surface area contributed by atoms with Crippen LogP contribution in [0.2, 0.25) is 0 Å². The molecule has 0 aliphatic rings. The Hall–Kier alpha value is -2.95. The average molecular weight is 310 g/mol. The second kappa shape index (κ2) is 6.04. The highest BCUT2D eigenvalue weighted by Crippen LogP contribution is 2.20. The minimum atomic E-state index is -0.688. The monoisotopic (exact) mass is 310 g/mol. The minimum Gasteiger partial charge on any atom is -0.360 e. The molecule has 0 saturated carbocycles. The molecule has 2 N–H and O–H groups in total. The molecule has 0 aliphatic carbocycles. The zero-order valence-corrected chi connectivity index (χ0v) is 12.5. The zero-order valence-electron chi connectivity index (χ0n) is 12.5. The maximum Gasteiger partial charge on any atom is 0.292 e. The van der Waals surface area contributed by atoms with Gasteiger partial charge < -0.3 is 10.3 Å². The largest absolute Gasteiger partial charge is 0.360 e. The van der Waals surface area contributed by atoms with E-state index in [-0.39, 0.29) is 11.6 Å². The minimum absolute atomic E-state index is 0.234. The third kappa shape index (κ3) is 2.99. The molecule has 0 spiro atoms. The maximum absolute atomic E-state index is 13.2. The molecule has 3 aromatic rings. The van der Waals surface area contributed by atoms with Gasteiger partial charge in [0.2, 0.25) is 0 Å². The van der Waals surface area contributed by atoms with E-state index in [2.05, 4.69) is 10.3 Å². The Morgan fingerprint density at radius 3 is 2.61 bits per heavy atom. The van der Waals surface area contributed by atoms with Gasteiger partial charge in [0.1, 0.15) is 5.82 Å².